The summed E-state index contributed by atoms with van der Waals surface area (Å²) >= 11 is 1.43. The number of carbonyl (C=O) groups is 1. The Morgan fingerprint density at radius 2 is 1.95 bits per heavy atom. The zero-order chi connectivity index (χ0) is 16.2. The van der Waals surface area contributed by atoms with E-state index in [0.717, 1.165) is 12.1 Å². The number of ether oxygens (including phenoxy) is 1. The van der Waals surface area contributed by atoms with Crippen LogP contribution in [0, 0.1) is 0 Å². The van der Waals surface area contributed by atoms with Gasteiger partial charge >= 0.3 is 6.36 Å². The second-order valence-electron chi connectivity index (χ2n) is 4.35. The third kappa shape index (κ3) is 4.74. The first-order valence-corrected chi connectivity index (χ1v) is 7.13. The van der Waals surface area contributed by atoms with Crippen LogP contribution in [0.4, 0.5) is 13.2 Å². The van der Waals surface area contributed by atoms with Crippen molar-refractivity contribution in [2.75, 3.05) is 6.54 Å². The van der Waals surface area contributed by atoms with Gasteiger partial charge in [0.2, 0.25) is 0 Å². The topological polar surface area (TPSA) is 58.6 Å². The highest BCUT2D eigenvalue weighted by Crippen LogP contribution is 2.22. The highest BCUT2D eigenvalue weighted by molar-refractivity contribution is 7.07. The maximum Gasteiger partial charge on any atom is 0.573 e. The molecule has 22 heavy (non-hydrogen) atoms. The van der Waals surface area contributed by atoms with E-state index in [0.29, 0.717) is 5.56 Å². The second kappa shape index (κ2) is 6.80. The molecule has 2 aromatic rings. The predicted molar refractivity (Wildman–Crippen MR) is 74.7 cm³/mol. The molecule has 1 atom stereocenters. The van der Waals surface area contributed by atoms with Gasteiger partial charge in [-0.3, -0.25) is 4.79 Å². The lowest BCUT2D eigenvalue weighted by Crippen LogP contribution is -2.28. The van der Waals surface area contributed by atoms with Gasteiger partial charge in [-0.2, -0.15) is 11.3 Å². The molecule has 0 radical (unpaired) electrons. The third-order valence-electron chi connectivity index (χ3n) is 2.73. The number of rotatable bonds is 5. The summed E-state index contributed by atoms with van der Waals surface area (Å²) in [7, 11) is 0. The summed E-state index contributed by atoms with van der Waals surface area (Å²) in [5.74, 6) is -0.893. The van der Waals surface area contributed by atoms with Crippen molar-refractivity contribution in [3.05, 3.63) is 52.2 Å². The van der Waals surface area contributed by atoms with Crippen molar-refractivity contribution in [1.29, 1.82) is 0 Å². The van der Waals surface area contributed by atoms with E-state index in [1.54, 1.807) is 16.8 Å². The summed E-state index contributed by atoms with van der Waals surface area (Å²) in [5.41, 5.74) is 0.867. The molecule has 1 amide bonds. The van der Waals surface area contributed by atoms with Gasteiger partial charge in [0, 0.05) is 12.1 Å². The first-order valence-electron chi connectivity index (χ1n) is 6.19. The summed E-state index contributed by atoms with van der Waals surface area (Å²) in [5, 5.41) is 15.9. The number of aliphatic hydroxyl groups is 1. The molecule has 0 aliphatic rings. The van der Waals surface area contributed by atoms with Crippen LogP contribution in [0.5, 0.6) is 5.75 Å². The average Bonchev–Trinajstić information content (AvgIpc) is 2.97. The Morgan fingerprint density at radius 1 is 1.27 bits per heavy atom. The Labute approximate surface area is 128 Å². The van der Waals surface area contributed by atoms with Crippen LogP contribution in [0.3, 0.4) is 0 Å². The molecule has 8 heteroatoms. The largest absolute Gasteiger partial charge is 0.573 e. The summed E-state index contributed by atoms with van der Waals surface area (Å²) in [4.78, 5) is 11.8. The molecule has 0 spiro atoms. The SMILES string of the molecule is O=C(NCC(O)c1ccsc1)c1ccc(OC(F)(F)F)cc1. The predicted octanol–water partition coefficient (Wildman–Crippen LogP) is 3.11. The molecule has 1 aromatic carbocycles. The van der Waals surface area contributed by atoms with Gasteiger partial charge in [0.05, 0.1) is 6.10 Å². The van der Waals surface area contributed by atoms with E-state index < -0.39 is 24.1 Å². The maximum atomic E-state index is 12.0. The highest BCUT2D eigenvalue weighted by Gasteiger charge is 2.31. The van der Waals surface area contributed by atoms with Gasteiger partial charge in [-0.1, -0.05) is 0 Å². The molecule has 0 aliphatic carbocycles. The van der Waals surface area contributed by atoms with E-state index in [9.17, 15) is 23.1 Å². The van der Waals surface area contributed by atoms with Crippen LogP contribution in [0.25, 0.3) is 0 Å². The molecular formula is C14H12F3NO3S. The fraction of sp³-hybridized carbons (Fsp3) is 0.214. The number of alkyl halides is 3. The fourth-order valence-corrected chi connectivity index (χ4v) is 2.39. The standard InChI is InChI=1S/C14H12F3NO3S/c15-14(16,17)21-11-3-1-9(2-4-11)13(20)18-7-12(19)10-5-6-22-8-10/h1-6,8,12,19H,7H2,(H,18,20). The van der Waals surface area contributed by atoms with Crippen LogP contribution < -0.4 is 10.1 Å². The molecule has 118 valence electrons. The lowest BCUT2D eigenvalue weighted by molar-refractivity contribution is -0.274. The van der Waals surface area contributed by atoms with Crippen LogP contribution in [0.2, 0.25) is 0 Å². The Kier molecular flexibility index (Phi) is 5.04. The number of amides is 1. The van der Waals surface area contributed by atoms with Crippen LogP contribution in [-0.2, 0) is 0 Å². The molecule has 0 saturated heterocycles. The van der Waals surface area contributed by atoms with Gasteiger partial charge in [0.25, 0.3) is 5.91 Å². The smallest absolute Gasteiger partial charge is 0.406 e. The fourth-order valence-electron chi connectivity index (χ4n) is 1.68. The van der Waals surface area contributed by atoms with Gasteiger partial charge in [-0.25, -0.2) is 0 Å². The molecule has 1 unspecified atom stereocenters. The van der Waals surface area contributed by atoms with Crippen molar-refractivity contribution in [3.8, 4) is 5.75 Å². The number of carbonyl (C=O) groups excluding carboxylic acids is 1. The van der Waals surface area contributed by atoms with E-state index in [-0.39, 0.29) is 12.1 Å². The van der Waals surface area contributed by atoms with E-state index in [1.165, 1.54) is 23.5 Å². The number of hydrogen-bond donors (Lipinski definition) is 2. The lowest BCUT2D eigenvalue weighted by Gasteiger charge is -2.11. The molecule has 0 aliphatic heterocycles. The first-order chi connectivity index (χ1) is 10.3. The molecule has 1 heterocycles. The minimum atomic E-state index is -4.77. The summed E-state index contributed by atoms with van der Waals surface area (Å²) < 4.78 is 39.8. The van der Waals surface area contributed by atoms with Crippen LogP contribution in [0.1, 0.15) is 22.0 Å². The normalized spacial score (nSPS) is 12.7. The molecule has 0 fully saturated rings. The van der Waals surface area contributed by atoms with Crippen molar-refractivity contribution in [1.82, 2.24) is 5.32 Å². The minimum Gasteiger partial charge on any atom is -0.406 e. The molecule has 4 nitrogen and oxygen atoms in total. The average molecular weight is 331 g/mol. The molecule has 2 N–H and O–H groups in total. The van der Waals surface area contributed by atoms with Gasteiger partial charge in [0.15, 0.2) is 0 Å². The highest BCUT2D eigenvalue weighted by atomic mass is 32.1. The molecule has 2 rings (SSSR count). The van der Waals surface area contributed by atoms with Gasteiger partial charge in [-0.15, -0.1) is 13.2 Å². The number of hydrogen-bond acceptors (Lipinski definition) is 4. The van der Waals surface area contributed by atoms with E-state index in [4.69, 9.17) is 0 Å². The Bertz CT molecular complexity index is 611. The van der Waals surface area contributed by atoms with Gasteiger partial charge in [-0.05, 0) is 46.7 Å². The Hall–Kier alpha value is -2.06. The molecule has 1 aromatic heterocycles. The zero-order valence-corrected chi connectivity index (χ0v) is 11.9. The minimum absolute atomic E-state index is 0.0103. The third-order valence-corrected chi connectivity index (χ3v) is 3.44. The second-order valence-corrected chi connectivity index (χ2v) is 5.13. The van der Waals surface area contributed by atoms with Crippen molar-refractivity contribution in [3.63, 3.8) is 0 Å². The molecule has 0 saturated carbocycles. The number of aliphatic hydroxyl groups excluding tert-OH is 1. The first kappa shape index (κ1) is 16.3. The van der Waals surface area contributed by atoms with Crippen molar-refractivity contribution >= 4 is 17.2 Å². The van der Waals surface area contributed by atoms with Crippen molar-refractivity contribution < 1.29 is 27.8 Å². The van der Waals surface area contributed by atoms with Crippen molar-refractivity contribution in [2.45, 2.75) is 12.5 Å². The number of nitrogens with one attached hydrogen (secondary N) is 1. The monoisotopic (exact) mass is 331 g/mol. The Morgan fingerprint density at radius 3 is 2.50 bits per heavy atom. The molecule has 0 bridgehead atoms. The van der Waals surface area contributed by atoms with E-state index in [1.807, 2.05) is 0 Å². The zero-order valence-electron chi connectivity index (χ0n) is 11.1. The van der Waals surface area contributed by atoms with E-state index in [2.05, 4.69) is 10.1 Å². The van der Waals surface area contributed by atoms with Crippen molar-refractivity contribution in [2.24, 2.45) is 0 Å². The van der Waals surface area contributed by atoms with Crippen LogP contribution >= 0.6 is 11.3 Å². The summed E-state index contributed by atoms with van der Waals surface area (Å²) in [6.45, 7) is 0.0103. The lowest BCUT2D eigenvalue weighted by atomic mass is 10.1. The van der Waals surface area contributed by atoms with Gasteiger partial charge in [0.1, 0.15) is 5.75 Å². The summed E-state index contributed by atoms with van der Waals surface area (Å²) in [6, 6.07) is 6.28. The number of thiophene rings is 1. The number of halogens is 3. The quantitative estimate of drug-likeness (QED) is 0.885. The Balaban J connectivity index is 1.90. The van der Waals surface area contributed by atoms with Crippen LogP contribution in [-0.4, -0.2) is 23.9 Å². The maximum absolute atomic E-state index is 12.0. The van der Waals surface area contributed by atoms with E-state index >= 15 is 0 Å². The summed E-state index contributed by atoms with van der Waals surface area (Å²) in [6.07, 6.45) is -5.60. The van der Waals surface area contributed by atoms with Crippen LogP contribution in [0.15, 0.2) is 41.1 Å². The molecular weight excluding hydrogens is 319 g/mol. The van der Waals surface area contributed by atoms with Gasteiger partial charge < -0.3 is 15.2 Å². The number of benzene rings is 1.